The molecule has 1 aliphatic heterocycles. The van der Waals surface area contributed by atoms with Crippen molar-refractivity contribution in [3.63, 3.8) is 0 Å². The Bertz CT molecular complexity index is 720. The van der Waals surface area contributed by atoms with Crippen molar-refractivity contribution in [3.8, 4) is 11.8 Å². The predicted molar refractivity (Wildman–Crippen MR) is 89.0 cm³/mol. The molecule has 0 bridgehead atoms. The second-order valence-corrected chi connectivity index (χ2v) is 5.30. The summed E-state index contributed by atoms with van der Waals surface area (Å²) in [7, 11) is 1.41. The monoisotopic (exact) mass is 346 g/mol. The van der Waals surface area contributed by atoms with Gasteiger partial charge in [0.1, 0.15) is 17.4 Å². The largest absolute Gasteiger partial charge is 0.495 e. The number of nitrogens with zero attached hydrogens (tertiary/aromatic N) is 2. The van der Waals surface area contributed by atoms with Gasteiger partial charge < -0.3 is 20.1 Å². The maximum absolute atomic E-state index is 12.0. The van der Waals surface area contributed by atoms with E-state index in [1.807, 2.05) is 0 Å². The van der Waals surface area contributed by atoms with Gasteiger partial charge in [-0.1, -0.05) is 0 Å². The van der Waals surface area contributed by atoms with E-state index < -0.39 is 10.8 Å². The maximum Gasteiger partial charge on any atom is 0.271 e. The van der Waals surface area contributed by atoms with Gasteiger partial charge in [0.05, 0.1) is 23.8 Å². The van der Waals surface area contributed by atoms with Gasteiger partial charge in [-0.3, -0.25) is 14.9 Å². The fourth-order valence-electron chi connectivity index (χ4n) is 2.33. The Labute approximate surface area is 144 Å². The van der Waals surface area contributed by atoms with Crippen LogP contribution >= 0.6 is 0 Å². The number of hydrogen-bond acceptors (Lipinski definition) is 7. The van der Waals surface area contributed by atoms with Gasteiger partial charge in [-0.15, -0.1) is 0 Å². The zero-order valence-electron chi connectivity index (χ0n) is 13.7. The number of nitriles is 1. The van der Waals surface area contributed by atoms with Crippen molar-refractivity contribution < 1.29 is 19.2 Å². The Hall–Kier alpha value is -3.12. The van der Waals surface area contributed by atoms with Gasteiger partial charge in [0.15, 0.2) is 0 Å². The number of methoxy groups -OCH3 is 1. The quantitative estimate of drug-likeness (QED) is 0.333. The van der Waals surface area contributed by atoms with Crippen molar-refractivity contribution in [2.75, 3.05) is 25.6 Å². The van der Waals surface area contributed by atoms with Gasteiger partial charge >= 0.3 is 0 Å². The molecule has 1 atom stereocenters. The molecule has 0 aromatic heterocycles. The Kier molecular flexibility index (Phi) is 6.31. The number of rotatable bonds is 7. The third kappa shape index (κ3) is 4.92. The number of non-ortho nitro benzene ring substituents is 1. The molecule has 1 amide bonds. The summed E-state index contributed by atoms with van der Waals surface area (Å²) in [6, 6.07) is 5.78. The van der Waals surface area contributed by atoms with Gasteiger partial charge in [-0.05, 0) is 18.9 Å². The topological polar surface area (TPSA) is 127 Å². The molecule has 2 rings (SSSR count). The molecule has 1 fully saturated rings. The molecule has 1 heterocycles. The molecule has 1 saturated heterocycles. The van der Waals surface area contributed by atoms with Crippen LogP contribution in [0.15, 0.2) is 30.0 Å². The van der Waals surface area contributed by atoms with Gasteiger partial charge in [0.2, 0.25) is 0 Å². The van der Waals surface area contributed by atoms with E-state index in [4.69, 9.17) is 14.7 Å². The summed E-state index contributed by atoms with van der Waals surface area (Å²) in [4.78, 5) is 22.4. The molecule has 1 aliphatic rings. The Morgan fingerprint density at radius 1 is 1.60 bits per heavy atom. The summed E-state index contributed by atoms with van der Waals surface area (Å²) in [5.41, 5.74) is -0.0269. The van der Waals surface area contributed by atoms with E-state index in [9.17, 15) is 14.9 Å². The van der Waals surface area contributed by atoms with Crippen molar-refractivity contribution in [2.24, 2.45) is 0 Å². The Balaban J connectivity index is 2.06. The smallest absolute Gasteiger partial charge is 0.271 e. The minimum atomic E-state index is -0.548. The molecule has 9 heteroatoms. The zero-order valence-corrected chi connectivity index (χ0v) is 13.7. The number of anilines is 1. The van der Waals surface area contributed by atoms with Crippen molar-refractivity contribution in [1.82, 2.24) is 5.32 Å². The summed E-state index contributed by atoms with van der Waals surface area (Å²) >= 11 is 0. The number of ether oxygens (including phenoxy) is 2. The Morgan fingerprint density at radius 3 is 3.00 bits per heavy atom. The normalized spacial score (nSPS) is 16.8. The van der Waals surface area contributed by atoms with Crippen LogP contribution in [0.3, 0.4) is 0 Å². The minimum Gasteiger partial charge on any atom is -0.495 e. The van der Waals surface area contributed by atoms with Crippen molar-refractivity contribution >= 4 is 17.3 Å². The number of nitrogens with one attached hydrogen (secondary N) is 2. The van der Waals surface area contributed by atoms with Crippen molar-refractivity contribution in [1.29, 1.82) is 5.26 Å². The summed E-state index contributed by atoms with van der Waals surface area (Å²) in [5.74, 6) is -0.200. The maximum atomic E-state index is 12.0. The van der Waals surface area contributed by atoms with E-state index in [1.54, 1.807) is 6.07 Å². The fraction of sp³-hybridized carbons (Fsp3) is 0.375. The fourth-order valence-corrected chi connectivity index (χ4v) is 2.33. The molecular formula is C16H18N4O5. The van der Waals surface area contributed by atoms with Crippen LogP contribution in [-0.2, 0) is 9.53 Å². The summed E-state index contributed by atoms with van der Waals surface area (Å²) in [6.07, 6.45) is 2.98. The Morgan fingerprint density at radius 2 is 2.40 bits per heavy atom. The van der Waals surface area contributed by atoms with Crippen LogP contribution in [0.25, 0.3) is 0 Å². The van der Waals surface area contributed by atoms with Gasteiger partial charge in [-0.25, -0.2) is 0 Å². The van der Waals surface area contributed by atoms with Crippen LogP contribution in [0.2, 0.25) is 0 Å². The third-order valence-corrected chi connectivity index (χ3v) is 3.65. The summed E-state index contributed by atoms with van der Waals surface area (Å²) in [6.45, 7) is 1.01. The van der Waals surface area contributed by atoms with Crippen LogP contribution in [0, 0.1) is 21.4 Å². The van der Waals surface area contributed by atoms with E-state index in [0.717, 1.165) is 12.8 Å². The van der Waals surface area contributed by atoms with Gasteiger partial charge in [0, 0.05) is 31.5 Å². The number of carbonyl (C=O) groups is 1. The first kappa shape index (κ1) is 18.2. The summed E-state index contributed by atoms with van der Waals surface area (Å²) in [5, 5.41) is 25.4. The predicted octanol–water partition coefficient (Wildman–Crippen LogP) is 1.72. The minimum absolute atomic E-state index is 0.0336. The molecule has 0 aliphatic carbocycles. The lowest BCUT2D eigenvalue weighted by Crippen LogP contribution is -2.32. The van der Waals surface area contributed by atoms with E-state index in [1.165, 1.54) is 31.5 Å². The van der Waals surface area contributed by atoms with Gasteiger partial charge in [0.25, 0.3) is 11.6 Å². The van der Waals surface area contributed by atoms with E-state index in [-0.39, 0.29) is 23.1 Å². The molecule has 1 aromatic rings. The lowest BCUT2D eigenvalue weighted by molar-refractivity contribution is -0.384. The molecule has 25 heavy (non-hydrogen) atoms. The lowest BCUT2D eigenvalue weighted by atomic mass is 10.2. The number of benzene rings is 1. The highest BCUT2D eigenvalue weighted by molar-refractivity contribution is 5.97. The van der Waals surface area contributed by atoms with Crippen LogP contribution in [-0.4, -0.2) is 37.2 Å². The molecule has 0 radical (unpaired) electrons. The van der Waals surface area contributed by atoms with Crippen LogP contribution < -0.4 is 15.4 Å². The number of nitro benzene ring substituents is 1. The van der Waals surface area contributed by atoms with Crippen LogP contribution in [0.4, 0.5) is 11.4 Å². The highest BCUT2D eigenvalue weighted by atomic mass is 16.6. The highest BCUT2D eigenvalue weighted by Gasteiger charge is 2.18. The molecule has 132 valence electrons. The van der Waals surface area contributed by atoms with Crippen LogP contribution in [0.5, 0.6) is 5.75 Å². The van der Waals surface area contributed by atoms with Crippen molar-refractivity contribution in [2.45, 2.75) is 18.9 Å². The highest BCUT2D eigenvalue weighted by Crippen LogP contribution is 2.29. The van der Waals surface area contributed by atoms with Crippen LogP contribution in [0.1, 0.15) is 12.8 Å². The van der Waals surface area contributed by atoms with E-state index in [0.29, 0.717) is 18.9 Å². The molecule has 2 N–H and O–H groups in total. The van der Waals surface area contributed by atoms with Gasteiger partial charge in [-0.2, -0.15) is 5.26 Å². The number of amides is 1. The number of carbonyl (C=O) groups excluding carboxylic acids is 1. The molecule has 0 spiro atoms. The first-order valence-corrected chi connectivity index (χ1v) is 7.64. The number of hydrogen-bond donors (Lipinski definition) is 2. The third-order valence-electron chi connectivity index (χ3n) is 3.65. The first-order valence-electron chi connectivity index (χ1n) is 7.64. The SMILES string of the molecule is COc1ccc([N+](=O)[O-])cc1N/C=C(/C#N)C(=O)NCC1CCCO1. The molecule has 0 saturated carbocycles. The zero-order chi connectivity index (χ0) is 18.2. The second-order valence-electron chi connectivity index (χ2n) is 5.30. The standard InChI is InChI=1S/C16H18N4O5/c1-24-15-5-4-12(20(22)23)7-14(15)18-9-11(8-17)16(21)19-10-13-3-2-6-25-13/h4-5,7,9,13,18H,2-3,6,10H2,1H3,(H,19,21)/b11-9-. The summed E-state index contributed by atoms with van der Waals surface area (Å²) < 4.78 is 10.5. The molecular weight excluding hydrogens is 328 g/mol. The van der Waals surface area contributed by atoms with Crippen molar-refractivity contribution in [3.05, 3.63) is 40.1 Å². The molecule has 1 unspecified atom stereocenters. The van der Waals surface area contributed by atoms with E-state index in [2.05, 4.69) is 10.6 Å². The molecule has 1 aromatic carbocycles. The second kappa shape index (κ2) is 8.65. The average molecular weight is 346 g/mol. The number of nitro groups is 1. The average Bonchev–Trinajstić information content (AvgIpc) is 3.13. The lowest BCUT2D eigenvalue weighted by Gasteiger charge is -2.11. The first-order chi connectivity index (χ1) is 12.0. The van der Waals surface area contributed by atoms with E-state index >= 15 is 0 Å². The molecule has 9 nitrogen and oxygen atoms in total.